The fourth-order valence-electron chi connectivity index (χ4n) is 1.53. The lowest BCUT2D eigenvalue weighted by Gasteiger charge is -2.30. The summed E-state index contributed by atoms with van der Waals surface area (Å²) in [7, 11) is 0. The van der Waals surface area contributed by atoms with Gasteiger partial charge in [0.2, 0.25) is 0 Å². The number of carbonyl (C=O) groups excluding carboxylic acids is 1. The summed E-state index contributed by atoms with van der Waals surface area (Å²) in [6.07, 6.45) is 2.15. The van der Waals surface area contributed by atoms with E-state index < -0.39 is 12.1 Å². The Balaban J connectivity index is 1.93. The highest BCUT2D eigenvalue weighted by molar-refractivity contribution is 5.77. The summed E-state index contributed by atoms with van der Waals surface area (Å²) in [6.45, 7) is 0.250. The molecule has 0 aromatic rings. The van der Waals surface area contributed by atoms with Crippen LogP contribution in [0.15, 0.2) is 0 Å². The Bertz CT molecular complexity index is 259. The quantitative estimate of drug-likeness (QED) is 0.678. The average molecular weight is 185 g/mol. The van der Waals surface area contributed by atoms with Gasteiger partial charge in [-0.05, 0) is 12.8 Å². The Morgan fingerprint density at radius 2 is 2.23 bits per heavy atom. The van der Waals surface area contributed by atoms with Gasteiger partial charge in [-0.3, -0.25) is 9.69 Å². The van der Waals surface area contributed by atoms with Crippen molar-refractivity contribution in [2.75, 3.05) is 13.1 Å². The average Bonchev–Trinajstić information content (AvgIpc) is 2.76. The minimum absolute atomic E-state index is 0.216. The molecule has 0 aromatic carbocycles. The standard InChI is InChI=1S/C8H11NO4/c10-6(11)5-9-4-3-8(1-2-8)13-7(9)12/h1-5H2,(H,10,11). The third-order valence-electron chi connectivity index (χ3n) is 2.53. The summed E-state index contributed by atoms with van der Waals surface area (Å²) >= 11 is 0. The van der Waals surface area contributed by atoms with E-state index in [0.717, 1.165) is 19.3 Å². The van der Waals surface area contributed by atoms with Gasteiger partial charge in [-0.1, -0.05) is 0 Å². The first-order chi connectivity index (χ1) is 6.11. The first kappa shape index (κ1) is 8.34. The van der Waals surface area contributed by atoms with Gasteiger partial charge in [0, 0.05) is 13.0 Å². The maximum Gasteiger partial charge on any atom is 0.410 e. The molecule has 1 heterocycles. The van der Waals surface area contributed by atoms with Crippen LogP contribution in [0.4, 0.5) is 4.79 Å². The molecule has 0 bridgehead atoms. The molecule has 5 heteroatoms. The van der Waals surface area contributed by atoms with Crippen LogP contribution in [-0.2, 0) is 9.53 Å². The van der Waals surface area contributed by atoms with E-state index in [2.05, 4.69) is 0 Å². The SMILES string of the molecule is O=C(O)CN1CCC2(CC2)OC1=O. The Labute approximate surface area is 75.3 Å². The van der Waals surface area contributed by atoms with Gasteiger partial charge < -0.3 is 9.84 Å². The van der Waals surface area contributed by atoms with Crippen LogP contribution in [0, 0.1) is 0 Å². The lowest BCUT2D eigenvalue weighted by Crippen LogP contribution is -2.45. The molecule has 1 aliphatic heterocycles. The van der Waals surface area contributed by atoms with E-state index in [4.69, 9.17) is 9.84 Å². The van der Waals surface area contributed by atoms with Crippen LogP contribution in [0.1, 0.15) is 19.3 Å². The van der Waals surface area contributed by atoms with Crippen molar-refractivity contribution in [1.29, 1.82) is 0 Å². The number of hydrogen-bond acceptors (Lipinski definition) is 3. The van der Waals surface area contributed by atoms with E-state index in [0.29, 0.717) is 6.54 Å². The fourth-order valence-corrected chi connectivity index (χ4v) is 1.53. The third-order valence-corrected chi connectivity index (χ3v) is 2.53. The topological polar surface area (TPSA) is 66.8 Å². The molecule has 1 spiro atoms. The Morgan fingerprint density at radius 1 is 1.54 bits per heavy atom. The second-order valence-electron chi connectivity index (χ2n) is 3.62. The molecular weight excluding hydrogens is 174 g/mol. The Morgan fingerprint density at radius 3 is 2.69 bits per heavy atom. The zero-order chi connectivity index (χ0) is 9.47. The second-order valence-corrected chi connectivity index (χ2v) is 3.62. The van der Waals surface area contributed by atoms with E-state index in [1.807, 2.05) is 0 Å². The van der Waals surface area contributed by atoms with E-state index >= 15 is 0 Å². The van der Waals surface area contributed by atoms with Crippen LogP contribution in [-0.4, -0.2) is 40.8 Å². The molecule has 0 atom stereocenters. The van der Waals surface area contributed by atoms with Gasteiger partial charge >= 0.3 is 12.1 Å². The molecule has 1 saturated carbocycles. The third kappa shape index (κ3) is 1.59. The van der Waals surface area contributed by atoms with E-state index in [9.17, 15) is 9.59 Å². The lowest BCUT2D eigenvalue weighted by atomic mass is 10.2. The van der Waals surface area contributed by atoms with Crippen LogP contribution in [0.3, 0.4) is 0 Å². The molecule has 2 rings (SSSR count). The number of carboxylic acid groups (broad SMARTS) is 1. The lowest BCUT2D eigenvalue weighted by molar-refractivity contribution is -0.138. The van der Waals surface area contributed by atoms with Gasteiger partial charge in [0.1, 0.15) is 12.1 Å². The van der Waals surface area contributed by atoms with Gasteiger partial charge in [-0.25, -0.2) is 4.79 Å². The molecule has 72 valence electrons. The molecule has 1 aliphatic carbocycles. The number of ether oxygens (including phenoxy) is 1. The van der Waals surface area contributed by atoms with Crippen molar-refractivity contribution in [3.63, 3.8) is 0 Å². The molecule has 0 aromatic heterocycles. The predicted molar refractivity (Wildman–Crippen MR) is 42.3 cm³/mol. The first-order valence-electron chi connectivity index (χ1n) is 4.31. The summed E-state index contributed by atoms with van der Waals surface area (Å²) in [5.41, 5.74) is -0.216. The van der Waals surface area contributed by atoms with Crippen LogP contribution in [0.2, 0.25) is 0 Å². The van der Waals surface area contributed by atoms with Crippen LogP contribution in [0.5, 0.6) is 0 Å². The minimum atomic E-state index is -0.997. The number of carbonyl (C=O) groups is 2. The highest BCUT2D eigenvalue weighted by Gasteiger charge is 2.50. The van der Waals surface area contributed by atoms with Crippen LogP contribution < -0.4 is 0 Å². The molecule has 13 heavy (non-hydrogen) atoms. The number of aliphatic carboxylic acids is 1. The number of hydrogen-bond donors (Lipinski definition) is 1. The molecule has 1 saturated heterocycles. The van der Waals surface area contributed by atoms with Gasteiger partial charge in [0.15, 0.2) is 0 Å². The fraction of sp³-hybridized carbons (Fsp3) is 0.750. The normalized spacial score (nSPS) is 24.3. The van der Waals surface area contributed by atoms with Gasteiger partial charge in [0.05, 0.1) is 0 Å². The van der Waals surface area contributed by atoms with Crippen molar-refractivity contribution in [3.05, 3.63) is 0 Å². The minimum Gasteiger partial charge on any atom is -0.480 e. The van der Waals surface area contributed by atoms with Crippen molar-refractivity contribution in [3.8, 4) is 0 Å². The molecule has 1 amide bonds. The second kappa shape index (κ2) is 2.61. The number of amides is 1. The van der Waals surface area contributed by atoms with E-state index in [1.54, 1.807) is 0 Å². The summed E-state index contributed by atoms with van der Waals surface area (Å²) < 4.78 is 5.12. The molecule has 0 radical (unpaired) electrons. The molecule has 2 aliphatic rings. The van der Waals surface area contributed by atoms with Crippen LogP contribution >= 0.6 is 0 Å². The van der Waals surface area contributed by atoms with E-state index in [-0.39, 0.29) is 12.1 Å². The molecule has 5 nitrogen and oxygen atoms in total. The van der Waals surface area contributed by atoms with Crippen molar-refractivity contribution < 1.29 is 19.4 Å². The maximum absolute atomic E-state index is 11.2. The smallest absolute Gasteiger partial charge is 0.410 e. The Hall–Kier alpha value is -1.26. The largest absolute Gasteiger partial charge is 0.480 e. The summed E-state index contributed by atoms with van der Waals surface area (Å²) in [4.78, 5) is 22.8. The number of carboxylic acids is 1. The Kier molecular flexibility index (Phi) is 1.68. The summed E-state index contributed by atoms with van der Waals surface area (Å²) in [5, 5.41) is 8.48. The van der Waals surface area contributed by atoms with Gasteiger partial charge in [-0.2, -0.15) is 0 Å². The zero-order valence-corrected chi connectivity index (χ0v) is 7.15. The maximum atomic E-state index is 11.2. The molecule has 0 unspecified atom stereocenters. The molecule has 2 fully saturated rings. The van der Waals surface area contributed by atoms with Crippen LogP contribution in [0.25, 0.3) is 0 Å². The van der Waals surface area contributed by atoms with Crippen molar-refractivity contribution in [2.45, 2.75) is 24.9 Å². The van der Waals surface area contributed by atoms with Gasteiger partial charge in [0.25, 0.3) is 0 Å². The van der Waals surface area contributed by atoms with Crippen molar-refractivity contribution in [2.24, 2.45) is 0 Å². The highest BCUT2D eigenvalue weighted by Crippen LogP contribution is 2.45. The molecule has 1 N–H and O–H groups in total. The highest BCUT2D eigenvalue weighted by atomic mass is 16.6. The van der Waals surface area contributed by atoms with Crippen molar-refractivity contribution >= 4 is 12.1 Å². The molecular formula is C8H11NO4. The monoisotopic (exact) mass is 185 g/mol. The number of rotatable bonds is 2. The van der Waals surface area contributed by atoms with Crippen molar-refractivity contribution in [1.82, 2.24) is 4.90 Å². The predicted octanol–water partition coefficient (Wildman–Crippen LogP) is 0.446. The number of nitrogens with zero attached hydrogens (tertiary/aromatic N) is 1. The first-order valence-corrected chi connectivity index (χ1v) is 4.31. The van der Waals surface area contributed by atoms with E-state index in [1.165, 1.54) is 4.90 Å². The van der Waals surface area contributed by atoms with Gasteiger partial charge in [-0.15, -0.1) is 0 Å². The summed E-state index contributed by atoms with van der Waals surface area (Å²) in [5.74, 6) is -0.997. The zero-order valence-electron chi connectivity index (χ0n) is 7.15. The summed E-state index contributed by atoms with van der Waals surface area (Å²) in [6, 6.07) is 0.